The van der Waals surface area contributed by atoms with Crippen LogP contribution in [0.2, 0.25) is 0 Å². The number of β-amino-alcohol motifs (C(OH)–C–C–N with tert-alkyl or cyclic N) is 1. The minimum Gasteiger partial charge on any atom is -0.389 e. The molecular formula is C7H8N4O3. The van der Waals surface area contributed by atoms with Crippen LogP contribution in [0.4, 0.5) is 11.6 Å². The summed E-state index contributed by atoms with van der Waals surface area (Å²) in [5, 5.41) is 19.3. The second-order valence-electron chi connectivity index (χ2n) is 3.05. The van der Waals surface area contributed by atoms with E-state index in [2.05, 4.69) is 9.97 Å². The largest absolute Gasteiger partial charge is 0.389 e. The van der Waals surface area contributed by atoms with Gasteiger partial charge in [0.25, 0.3) is 0 Å². The molecule has 1 saturated heterocycles. The van der Waals surface area contributed by atoms with Crippen molar-refractivity contribution in [2.24, 2.45) is 0 Å². The van der Waals surface area contributed by atoms with Crippen molar-refractivity contribution < 1.29 is 10.0 Å². The molecule has 2 heterocycles. The first-order valence-electron chi connectivity index (χ1n) is 4.06. The van der Waals surface area contributed by atoms with Gasteiger partial charge in [-0.2, -0.15) is 0 Å². The molecule has 1 aromatic rings. The second kappa shape index (κ2) is 3.18. The first-order chi connectivity index (χ1) is 6.66. The summed E-state index contributed by atoms with van der Waals surface area (Å²) in [6, 6.07) is 0. The summed E-state index contributed by atoms with van der Waals surface area (Å²) in [6.07, 6.45) is 2.12. The standard InChI is InChI=1S/C7H8N4O3/c12-5-3-10(4-5)6-1-9-7(2-8-6)11(13)14/h1-2,5,12H,3-4H2. The maximum absolute atomic E-state index is 10.3. The first-order valence-corrected chi connectivity index (χ1v) is 4.06. The van der Waals surface area contributed by atoms with E-state index in [-0.39, 0.29) is 11.9 Å². The monoisotopic (exact) mass is 196 g/mol. The molecule has 0 saturated carbocycles. The Morgan fingerprint density at radius 3 is 2.64 bits per heavy atom. The first kappa shape index (κ1) is 8.82. The highest BCUT2D eigenvalue weighted by Gasteiger charge is 2.26. The zero-order valence-corrected chi connectivity index (χ0v) is 7.20. The van der Waals surface area contributed by atoms with E-state index in [0.717, 1.165) is 6.20 Å². The molecule has 1 aliphatic rings. The zero-order chi connectivity index (χ0) is 10.1. The van der Waals surface area contributed by atoms with Crippen LogP contribution in [0.25, 0.3) is 0 Å². The number of anilines is 1. The third-order valence-electron chi connectivity index (χ3n) is 2.00. The molecule has 0 aromatic carbocycles. The Morgan fingerprint density at radius 1 is 1.50 bits per heavy atom. The van der Waals surface area contributed by atoms with Crippen molar-refractivity contribution in [3.63, 3.8) is 0 Å². The van der Waals surface area contributed by atoms with Gasteiger partial charge >= 0.3 is 5.82 Å². The average molecular weight is 196 g/mol. The Morgan fingerprint density at radius 2 is 2.21 bits per heavy atom. The number of hydrogen-bond acceptors (Lipinski definition) is 6. The van der Waals surface area contributed by atoms with Gasteiger partial charge in [0.05, 0.1) is 6.10 Å². The van der Waals surface area contributed by atoms with Gasteiger partial charge in [0.1, 0.15) is 6.20 Å². The van der Waals surface area contributed by atoms with Gasteiger partial charge in [-0.3, -0.25) is 0 Å². The number of aliphatic hydroxyl groups excluding tert-OH is 1. The molecular weight excluding hydrogens is 188 g/mol. The fraction of sp³-hybridized carbons (Fsp3) is 0.429. The van der Waals surface area contributed by atoms with Crippen LogP contribution in [0.1, 0.15) is 0 Å². The Kier molecular flexibility index (Phi) is 2.01. The number of aromatic nitrogens is 2. The predicted molar refractivity (Wildman–Crippen MR) is 46.9 cm³/mol. The van der Waals surface area contributed by atoms with Gasteiger partial charge in [0.2, 0.25) is 0 Å². The molecule has 1 aromatic heterocycles. The summed E-state index contributed by atoms with van der Waals surface area (Å²) in [4.78, 5) is 19.0. The van der Waals surface area contributed by atoms with Gasteiger partial charge in [-0.05, 0) is 9.91 Å². The molecule has 0 atom stereocenters. The number of aliphatic hydroxyl groups is 1. The summed E-state index contributed by atoms with van der Waals surface area (Å²) >= 11 is 0. The van der Waals surface area contributed by atoms with Crippen LogP contribution < -0.4 is 4.90 Å². The summed E-state index contributed by atoms with van der Waals surface area (Å²) in [5.41, 5.74) is 0. The van der Waals surface area contributed by atoms with Crippen LogP contribution in [0, 0.1) is 10.1 Å². The average Bonchev–Trinajstić information content (AvgIpc) is 2.13. The molecule has 0 aliphatic carbocycles. The van der Waals surface area contributed by atoms with Crippen molar-refractivity contribution in [2.45, 2.75) is 6.10 Å². The van der Waals surface area contributed by atoms with Crippen LogP contribution in [-0.4, -0.2) is 39.2 Å². The van der Waals surface area contributed by atoms with E-state index < -0.39 is 4.92 Å². The van der Waals surface area contributed by atoms with E-state index in [9.17, 15) is 10.1 Å². The van der Waals surface area contributed by atoms with Gasteiger partial charge in [-0.1, -0.05) is 0 Å². The fourth-order valence-corrected chi connectivity index (χ4v) is 1.21. The second-order valence-corrected chi connectivity index (χ2v) is 3.05. The van der Waals surface area contributed by atoms with E-state index in [1.54, 1.807) is 4.90 Å². The summed E-state index contributed by atoms with van der Waals surface area (Å²) in [7, 11) is 0. The third kappa shape index (κ3) is 1.49. The number of nitro groups is 1. The highest BCUT2D eigenvalue weighted by molar-refractivity contribution is 5.41. The van der Waals surface area contributed by atoms with Crippen molar-refractivity contribution in [2.75, 3.05) is 18.0 Å². The Balaban J connectivity index is 2.10. The van der Waals surface area contributed by atoms with Gasteiger partial charge in [-0.15, -0.1) is 0 Å². The maximum atomic E-state index is 10.3. The number of rotatable bonds is 2. The van der Waals surface area contributed by atoms with Crippen LogP contribution in [0.15, 0.2) is 12.4 Å². The molecule has 74 valence electrons. The van der Waals surface area contributed by atoms with Gasteiger partial charge in [-0.25, -0.2) is 4.98 Å². The molecule has 7 heteroatoms. The minimum atomic E-state index is -0.596. The molecule has 1 fully saturated rings. The van der Waals surface area contributed by atoms with Gasteiger partial charge < -0.3 is 20.1 Å². The van der Waals surface area contributed by atoms with Crippen molar-refractivity contribution in [1.29, 1.82) is 0 Å². The number of hydrogen-bond donors (Lipinski definition) is 1. The van der Waals surface area contributed by atoms with E-state index in [1.807, 2.05) is 0 Å². The highest BCUT2D eigenvalue weighted by Crippen LogP contribution is 2.18. The smallest absolute Gasteiger partial charge is 0.382 e. The lowest BCUT2D eigenvalue weighted by atomic mass is 10.2. The van der Waals surface area contributed by atoms with E-state index in [0.29, 0.717) is 18.9 Å². The van der Waals surface area contributed by atoms with Crippen molar-refractivity contribution in [1.82, 2.24) is 9.97 Å². The van der Waals surface area contributed by atoms with Crippen molar-refractivity contribution in [3.8, 4) is 0 Å². The lowest BCUT2D eigenvalue weighted by molar-refractivity contribution is -0.389. The summed E-state index contributed by atoms with van der Waals surface area (Å²) < 4.78 is 0. The molecule has 7 nitrogen and oxygen atoms in total. The van der Waals surface area contributed by atoms with Gasteiger partial charge in [0.15, 0.2) is 12.0 Å². The third-order valence-corrected chi connectivity index (χ3v) is 2.00. The highest BCUT2D eigenvalue weighted by atomic mass is 16.6. The quantitative estimate of drug-likeness (QED) is 0.509. The van der Waals surface area contributed by atoms with E-state index in [1.165, 1.54) is 6.20 Å². The van der Waals surface area contributed by atoms with E-state index >= 15 is 0 Å². The maximum Gasteiger partial charge on any atom is 0.382 e. The normalized spacial score (nSPS) is 16.5. The van der Waals surface area contributed by atoms with Crippen LogP contribution in [-0.2, 0) is 0 Å². The lowest BCUT2D eigenvalue weighted by Crippen LogP contribution is -2.51. The summed E-state index contributed by atoms with van der Waals surface area (Å²) in [5.74, 6) is 0.288. The molecule has 0 unspecified atom stereocenters. The van der Waals surface area contributed by atoms with Crippen molar-refractivity contribution in [3.05, 3.63) is 22.5 Å². The van der Waals surface area contributed by atoms with Crippen molar-refractivity contribution >= 4 is 11.6 Å². The zero-order valence-electron chi connectivity index (χ0n) is 7.20. The summed E-state index contributed by atoms with van der Waals surface area (Å²) in [6.45, 7) is 1.01. The topological polar surface area (TPSA) is 92.4 Å². The van der Waals surface area contributed by atoms with Crippen LogP contribution in [0.3, 0.4) is 0 Å². The number of nitrogens with zero attached hydrogens (tertiary/aromatic N) is 4. The van der Waals surface area contributed by atoms with Crippen LogP contribution >= 0.6 is 0 Å². The lowest BCUT2D eigenvalue weighted by Gasteiger charge is -2.35. The minimum absolute atomic E-state index is 0.269. The fourth-order valence-electron chi connectivity index (χ4n) is 1.21. The Bertz CT molecular complexity index is 346. The Labute approximate surface area is 79.2 Å². The molecule has 1 N–H and O–H groups in total. The molecule has 0 amide bonds. The molecule has 0 radical (unpaired) electrons. The molecule has 1 aliphatic heterocycles. The van der Waals surface area contributed by atoms with Gasteiger partial charge in [0, 0.05) is 13.1 Å². The molecule has 0 bridgehead atoms. The molecule has 14 heavy (non-hydrogen) atoms. The predicted octanol–water partition coefficient (Wildman–Crippen LogP) is -0.434. The van der Waals surface area contributed by atoms with E-state index in [4.69, 9.17) is 5.11 Å². The SMILES string of the molecule is O=[N+]([O-])c1cnc(N2CC(O)C2)cn1. The molecule has 0 spiro atoms. The Hall–Kier alpha value is -1.76. The molecule has 2 rings (SSSR count). The van der Waals surface area contributed by atoms with Crippen LogP contribution in [0.5, 0.6) is 0 Å².